The molecule has 2 aromatic rings. The van der Waals surface area contributed by atoms with E-state index in [-0.39, 0.29) is 5.91 Å². The number of carbonyl (C=O) groups is 1. The molecule has 0 aliphatic heterocycles. The number of amides is 1. The van der Waals surface area contributed by atoms with Gasteiger partial charge in [0.15, 0.2) is 11.2 Å². The minimum atomic E-state index is -0.553. The number of nitrogens with zero attached hydrogens (tertiary/aromatic N) is 1. The molecule has 1 aromatic heterocycles. The van der Waals surface area contributed by atoms with Gasteiger partial charge < -0.3 is 4.74 Å². The van der Waals surface area contributed by atoms with Gasteiger partial charge in [-0.1, -0.05) is 12.1 Å². The molecule has 0 bridgehead atoms. The summed E-state index contributed by atoms with van der Waals surface area (Å²) in [6.07, 6.45) is 3.96. The van der Waals surface area contributed by atoms with E-state index in [9.17, 15) is 4.79 Å². The van der Waals surface area contributed by atoms with Gasteiger partial charge in [-0.25, -0.2) is 4.98 Å². The van der Waals surface area contributed by atoms with Crippen molar-refractivity contribution in [1.29, 1.82) is 0 Å². The average molecular weight is 316 g/mol. The third kappa shape index (κ3) is 3.47. The van der Waals surface area contributed by atoms with Crippen LogP contribution in [-0.2, 0) is 17.6 Å². The summed E-state index contributed by atoms with van der Waals surface area (Å²) in [5.74, 6) is 0.550. The first-order valence-electron chi connectivity index (χ1n) is 7.64. The second-order valence-electron chi connectivity index (χ2n) is 5.66. The quantitative estimate of drug-likeness (QED) is 0.935. The molecular weight excluding hydrogens is 296 g/mol. The van der Waals surface area contributed by atoms with Crippen LogP contribution >= 0.6 is 11.3 Å². The second kappa shape index (κ2) is 6.48. The van der Waals surface area contributed by atoms with Crippen LogP contribution in [0.1, 0.15) is 35.9 Å². The van der Waals surface area contributed by atoms with Crippen molar-refractivity contribution in [3.05, 3.63) is 40.4 Å². The maximum absolute atomic E-state index is 12.2. The third-order valence-electron chi connectivity index (χ3n) is 3.75. The third-order valence-corrected chi connectivity index (χ3v) is 4.82. The molecule has 0 unspecified atom stereocenters. The Bertz CT molecular complexity index is 658. The van der Waals surface area contributed by atoms with Crippen molar-refractivity contribution in [1.82, 2.24) is 4.98 Å². The molecule has 1 aliphatic carbocycles. The first kappa shape index (κ1) is 15.0. The molecule has 0 fully saturated rings. The Balaban J connectivity index is 1.62. The zero-order valence-electron chi connectivity index (χ0n) is 12.9. The number of anilines is 1. The lowest BCUT2D eigenvalue weighted by molar-refractivity contribution is -0.122. The first-order chi connectivity index (χ1) is 10.6. The van der Waals surface area contributed by atoms with Gasteiger partial charge in [0.2, 0.25) is 0 Å². The number of rotatable bonds is 4. The Morgan fingerprint density at radius 1 is 1.36 bits per heavy atom. The van der Waals surface area contributed by atoms with Crippen LogP contribution in [-0.4, -0.2) is 17.0 Å². The summed E-state index contributed by atoms with van der Waals surface area (Å²) in [4.78, 5) is 18.1. The molecule has 1 atom stereocenters. The van der Waals surface area contributed by atoms with Crippen LogP contribution in [0.25, 0.3) is 0 Å². The maximum Gasteiger partial charge on any atom is 0.266 e. The van der Waals surface area contributed by atoms with Crippen molar-refractivity contribution in [2.75, 3.05) is 5.32 Å². The van der Waals surface area contributed by atoms with Crippen molar-refractivity contribution in [3.8, 4) is 5.75 Å². The van der Waals surface area contributed by atoms with Gasteiger partial charge in [0.05, 0.1) is 5.69 Å². The molecule has 1 aromatic carbocycles. The van der Waals surface area contributed by atoms with Gasteiger partial charge >= 0.3 is 0 Å². The number of fused-ring (bicyclic) bond motifs is 1. The number of nitrogens with one attached hydrogen (secondary N) is 1. The Morgan fingerprint density at radius 3 is 2.95 bits per heavy atom. The second-order valence-corrected chi connectivity index (χ2v) is 6.75. The highest BCUT2D eigenvalue weighted by Crippen LogP contribution is 2.29. The maximum atomic E-state index is 12.2. The van der Waals surface area contributed by atoms with Gasteiger partial charge in [-0.2, -0.15) is 0 Å². The van der Waals surface area contributed by atoms with Gasteiger partial charge in [0.25, 0.3) is 5.91 Å². The largest absolute Gasteiger partial charge is 0.481 e. The fourth-order valence-electron chi connectivity index (χ4n) is 2.56. The average Bonchev–Trinajstić information content (AvgIpc) is 2.89. The van der Waals surface area contributed by atoms with Gasteiger partial charge in [-0.3, -0.25) is 10.1 Å². The SMILES string of the molecule is Cc1cccc(O[C@@H](C)C(=O)Nc2nc3c(s2)CCCC3)c1. The molecule has 4 nitrogen and oxygen atoms in total. The van der Waals surface area contributed by atoms with Gasteiger partial charge in [-0.05, 0) is 57.2 Å². The van der Waals surface area contributed by atoms with Crippen LogP contribution < -0.4 is 10.1 Å². The number of aryl methyl sites for hydroxylation is 3. The molecule has 0 spiro atoms. The number of carbonyl (C=O) groups excluding carboxylic acids is 1. The molecule has 1 aliphatic rings. The summed E-state index contributed by atoms with van der Waals surface area (Å²) in [6.45, 7) is 3.75. The lowest BCUT2D eigenvalue weighted by Crippen LogP contribution is -2.30. The van der Waals surface area contributed by atoms with E-state index in [1.807, 2.05) is 31.2 Å². The highest BCUT2D eigenvalue weighted by molar-refractivity contribution is 7.15. The number of aromatic nitrogens is 1. The van der Waals surface area contributed by atoms with Crippen LogP contribution in [0.4, 0.5) is 5.13 Å². The number of hydrogen-bond acceptors (Lipinski definition) is 4. The summed E-state index contributed by atoms with van der Waals surface area (Å²) < 4.78 is 5.70. The molecule has 1 N–H and O–H groups in total. The van der Waals surface area contributed by atoms with E-state index in [1.165, 1.54) is 17.7 Å². The molecule has 0 saturated carbocycles. The lowest BCUT2D eigenvalue weighted by atomic mass is 10.0. The standard InChI is InChI=1S/C17H20N2O2S/c1-11-6-5-7-13(10-11)21-12(2)16(20)19-17-18-14-8-3-4-9-15(14)22-17/h5-7,10,12H,3-4,8-9H2,1-2H3,(H,18,19,20)/t12-/m0/s1. The molecule has 1 amide bonds. The fraction of sp³-hybridized carbons (Fsp3) is 0.412. The first-order valence-corrected chi connectivity index (χ1v) is 8.46. The minimum absolute atomic E-state index is 0.160. The van der Waals surface area contributed by atoms with E-state index < -0.39 is 6.10 Å². The fourth-order valence-corrected chi connectivity index (χ4v) is 3.61. The monoisotopic (exact) mass is 316 g/mol. The van der Waals surface area contributed by atoms with Gasteiger partial charge in [-0.15, -0.1) is 11.3 Å². The van der Waals surface area contributed by atoms with Crippen LogP contribution in [0.3, 0.4) is 0 Å². The van der Waals surface area contributed by atoms with E-state index in [4.69, 9.17) is 4.74 Å². The number of hydrogen-bond donors (Lipinski definition) is 1. The molecule has 0 radical (unpaired) electrons. The van der Waals surface area contributed by atoms with Crippen molar-refractivity contribution in [2.24, 2.45) is 0 Å². The van der Waals surface area contributed by atoms with E-state index in [0.717, 1.165) is 24.1 Å². The molecule has 5 heteroatoms. The van der Waals surface area contributed by atoms with Crippen molar-refractivity contribution in [2.45, 2.75) is 45.6 Å². The number of thiazole rings is 1. The van der Waals surface area contributed by atoms with E-state index >= 15 is 0 Å². The van der Waals surface area contributed by atoms with Crippen molar-refractivity contribution >= 4 is 22.4 Å². The summed E-state index contributed by atoms with van der Waals surface area (Å²) in [7, 11) is 0. The Hall–Kier alpha value is -1.88. The van der Waals surface area contributed by atoms with E-state index in [2.05, 4.69) is 10.3 Å². The van der Waals surface area contributed by atoms with Gasteiger partial charge in [0, 0.05) is 4.88 Å². The molecule has 116 valence electrons. The zero-order chi connectivity index (χ0) is 15.5. The Labute approximate surface area is 134 Å². The molecular formula is C17H20N2O2S. The van der Waals surface area contributed by atoms with Gasteiger partial charge in [0.1, 0.15) is 5.75 Å². The molecule has 3 rings (SSSR count). The Kier molecular flexibility index (Phi) is 4.43. The minimum Gasteiger partial charge on any atom is -0.481 e. The smallest absolute Gasteiger partial charge is 0.266 e. The van der Waals surface area contributed by atoms with Crippen molar-refractivity contribution in [3.63, 3.8) is 0 Å². The lowest BCUT2D eigenvalue weighted by Gasteiger charge is -2.14. The van der Waals surface area contributed by atoms with E-state index in [0.29, 0.717) is 10.9 Å². The van der Waals surface area contributed by atoms with Crippen LogP contribution in [0, 0.1) is 6.92 Å². The number of benzene rings is 1. The van der Waals surface area contributed by atoms with E-state index in [1.54, 1.807) is 18.3 Å². The highest BCUT2D eigenvalue weighted by Gasteiger charge is 2.19. The predicted octanol–water partition coefficient (Wildman–Crippen LogP) is 3.74. The topological polar surface area (TPSA) is 51.2 Å². The Morgan fingerprint density at radius 2 is 2.18 bits per heavy atom. The van der Waals surface area contributed by atoms with Crippen molar-refractivity contribution < 1.29 is 9.53 Å². The molecule has 0 saturated heterocycles. The van der Waals surface area contributed by atoms with Crippen LogP contribution in [0.5, 0.6) is 5.75 Å². The molecule has 22 heavy (non-hydrogen) atoms. The molecule has 1 heterocycles. The zero-order valence-corrected chi connectivity index (χ0v) is 13.7. The highest BCUT2D eigenvalue weighted by atomic mass is 32.1. The normalized spacial score (nSPS) is 15.0. The number of ether oxygens (including phenoxy) is 1. The summed E-state index contributed by atoms with van der Waals surface area (Å²) in [6, 6.07) is 7.70. The van der Waals surface area contributed by atoms with Crippen LogP contribution in [0.15, 0.2) is 24.3 Å². The summed E-state index contributed by atoms with van der Waals surface area (Å²) >= 11 is 1.59. The summed E-state index contributed by atoms with van der Waals surface area (Å²) in [5, 5.41) is 3.57. The summed E-state index contributed by atoms with van der Waals surface area (Å²) in [5.41, 5.74) is 2.26. The predicted molar refractivity (Wildman–Crippen MR) is 88.7 cm³/mol. The van der Waals surface area contributed by atoms with Crippen LogP contribution in [0.2, 0.25) is 0 Å².